The van der Waals surface area contributed by atoms with Crippen molar-refractivity contribution < 1.29 is 0 Å². The lowest BCUT2D eigenvalue weighted by Crippen LogP contribution is -2.31. The van der Waals surface area contributed by atoms with E-state index >= 15 is 0 Å². The van der Waals surface area contributed by atoms with Crippen molar-refractivity contribution in [2.45, 2.75) is 20.4 Å². The van der Waals surface area contributed by atoms with Crippen molar-refractivity contribution in [1.29, 1.82) is 0 Å². The highest BCUT2D eigenvalue weighted by Crippen LogP contribution is 2.12. The van der Waals surface area contributed by atoms with Crippen LogP contribution in [0.3, 0.4) is 0 Å². The minimum atomic E-state index is 0.426. The molecule has 31 heavy (non-hydrogen) atoms. The number of aliphatic imine (C=N–C) groups is 1. The summed E-state index contributed by atoms with van der Waals surface area (Å²) in [6, 6.07) is 21.1. The largest absolute Gasteiger partial charge is 0.246 e. The maximum Gasteiger partial charge on any atom is 0.233 e. The van der Waals surface area contributed by atoms with E-state index in [0.29, 0.717) is 22.5 Å². The molecule has 0 spiro atoms. The SMILES string of the molecule is Cc1ccc(CN=C(NN=Cc2ccc(Cl)cc2)NN=Cc2ccc(Cl)cc2)c(C)c1. The maximum atomic E-state index is 5.92. The first-order valence-corrected chi connectivity index (χ1v) is 10.4. The van der Waals surface area contributed by atoms with Crippen molar-refractivity contribution in [3.63, 3.8) is 0 Å². The van der Waals surface area contributed by atoms with Crippen molar-refractivity contribution >= 4 is 41.6 Å². The lowest BCUT2D eigenvalue weighted by atomic mass is 10.1. The Labute approximate surface area is 192 Å². The molecule has 0 radical (unpaired) electrons. The zero-order valence-corrected chi connectivity index (χ0v) is 18.8. The van der Waals surface area contributed by atoms with Crippen LogP contribution in [0.1, 0.15) is 27.8 Å². The smallest absolute Gasteiger partial charge is 0.233 e. The van der Waals surface area contributed by atoms with Gasteiger partial charge in [-0.3, -0.25) is 0 Å². The van der Waals surface area contributed by atoms with Crippen LogP contribution in [0.25, 0.3) is 0 Å². The topological polar surface area (TPSA) is 61.1 Å². The minimum Gasteiger partial charge on any atom is -0.246 e. The van der Waals surface area contributed by atoms with E-state index in [9.17, 15) is 0 Å². The second kappa shape index (κ2) is 11.3. The van der Waals surface area contributed by atoms with E-state index in [-0.39, 0.29) is 0 Å². The van der Waals surface area contributed by atoms with Crippen LogP contribution in [-0.2, 0) is 6.54 Å². The van der Waals surface area contributed by atoms with Gasteiger partial charge in [0.25, 0.3) is 0 Å². The van der Waals surface area contributed by atoms with Crippen LogP contribution in [-0.4, -0.2) is 18.4 Å². The van der Waals surface area contributed by atoms with Crippen LogP contribution in [0.5, 0.6) is 0 Å². The summed E-state index contributed by atoms with van der Waals surface area (Å²) < 4.78 is 0. The van der Waals surface area contributed by atoms with Crippen LogP contribution in [0.15, 0.2) is 81.9 Å². The van der Waals surface area contributed by atoms with Gasteiger partial charge < -0.3 is 0 Å². The van der Waals surface area contributed by atoms with Gasteiger partial charge in [0.2, 0.25) is 5.96 Å². The third-order valence-electron chi connectivity index (χ3n) is 4.41. The Balaban J connectivity index is 1.71. The van der Waals surface area contributed by atoms with Crippen molar-refractivity contribution in [2.24, 2.45) is 15.2 Å². The van der Waals surface area contributed by atoms with Crippen LogP contribution in [0, 0.1) is 13.8 Å². The number of hydrazone groups is 2. The first-order chi connectivity index (χ1) is 15.0. The number of aryl methyl sites for hydroxylation is 2. The molecule has 5 nitrogen and oxygen atoms in total. The molecule has 0 atom stereocenters. The molecule has 0 amide bonds. The Kier molecular flexibility index (Phi) is 8.21. The Bertz CT molecular complexity index is 1030. The summed E-state index contributed by atoms with van der Waals surface area (Å²) in [5.41, 5.74) is 11.2. The number of hydrogen-bond acceptors (Lipinski definition) is 3. The normalized spacial score (nSPS) is 11.1. The van der Waals surface area contributed by atoms with Gasteiger partial charge in [0, 0.05) is 10.0 Å². The molecule has 3 rings (SSSR count). The standard InChI is InChI=1S/C24H23Cl2N5/c1-17-3-8-21(18(2)13-17)16-27-24(30-28-14-19-4-9-22(25)10-5-19)31-29-15-20-6-11-23(26)12-7-20/h3-15H,16H2,1-2H3,(H2,27,30,31). The van der Waals surface area contributed by atoms with Crippen molar-refractivity contribution in [1.82, 2.24) is 10.9 Å². The van der Waals surface area contributed by atoms with E-state index in [1.165, 1.54) is 11.1 Å². The minimum absolute atomic E-state index is 0.426. The fraction of sp³-hybridized carbons (Fsp3) is 0.125. The van der Waals surface area contributed by atoms with Gasteiger partial charge in [-0.25, -0.2) is 15.8 Å². The number of rotatable bonds is 6. The monoisotopic (exact) mass is 451 g/mol. The molecule has 0 aliphatic carbocycles. The quantitative estimate of drug-likeness (QED) is 0.286. The summed E-state index contributed by atoms with van der Waals surface area (Å²) in [4.78, 5) is 4.60. The molecule has 0 heterocycles. The number of guanidine groups is 1. The van der Waals surface area contributed by atoms with Gasteiger partial charge in [0.15, 0.2) is 0 Å². The molecule has 2 N–H and O–H groups in total. The van der Waals surface area contributed by atoms with E-state index in [0.717, 1.165) is 16.7 Å². The summed E-state index contributed by atoms with van der Waals surface area (Å²) in [7, 11) is 0. The van der Waals surface area contributed by atoms with E-state index in [2.05, 4.69) is 58.1 Å². The predicted octanol–water partition coefficient (Wildman–Crippen LogP) is 5.71. The molecule has 0 saturated heterocycles. The van der Waals surface area contributed by atoms with Gasteiger partial charge in [-0.05, 0) is 60.4 Å². The summed E-state index contributed by atoms with van der Waals surface area (Å²) in [6.07, 6.45) is 3.38. The van der Waals surface area contributed by atoms with Crippen molar-refractivity contribution in [3.05, 3.63) is 105 Å². The predicted molar refractivity (Wildman–Crippen MR) is 131 cm³/mol. The molecule has 7 heteroatoms. The summed E-state index contributed by atoms with van der Waals surface area (Å²) in [6.45, 7) is 4.65. The molecular formula is C24H23Cl2N5. The summed E-state index contributed by atoms with van der Waals surface area (Å²) >= 11 is 11.8. The summed E-state index contributed by atoms with van der Waals surface area (Å²) in [5.74, 6) is 0.426. The van der Waals surface area contributed by atoms with E-state index < -0.39 is 0 Å². The van der Waals surface area contributed by atoms with Crippen molar-refractivity contribution in [2.75, 3.05) is 0 Å². The highest BCUT2D eigenvalue weighted by molar-refractivity contribution is 6.30. The van der Waals surface area contributed by atoms with Crippen LogP contribution in [0.2, 0.25) is 10.0 Å². The number of benzene rings is 3. The van der Waals surface area contributed by atoms with Crippen LogP contribution >= 0.6 is 23.2 Å². The molecule has 3 aromatic rings. The molecule has 0 aliphatic heterocycles. The first-order valence-electron chi connectivity index (χ1n) is 9.69. The zero-order valence-electron chi connectivity index (χ0n) is 17.3. The molecule has 0 unspecified atom stereocenters. The highest BCUT2D eigenvalue weighted by atomic mass is 35.5. The van der Waals surface area contributed by atoms with Gasteiger partial charge >= 0.3 is 0 Å². The van der Waals surface area contributed by atoms with Gasteiger partial charge in [0.05, 0.1) is 19.0 Å². The number of halogens is 2. The van der Waals surface area contributed by atoms with Gasteiger partial charge in [-0.1, -0.05) is 71.2 Å². The maximum absolute atomic E-state index is 5.92. The number of hydrogen-bond donors (Lipinski definition) is 2. The fourth-order valence-corrected chi connectivity index (χ4v) is 2.97. The Morgan fingerprint density at radius 1 is 0.774 bits per heavy atom. The highest BCUT2D eigenvalue weighted by Gasteiger charge is 2.00. The van der Waals surface area contributed by atoms with Crippen molar-refractivity contribution in [3.8, 4) is 0 Å². The van der Waals surface area contributed by atoms with E-state index in [1.807, 2.05) is 48.5 Å². The molecule has 0 fully saturated rings. The molecular weight excluding hydrogens is 429 g/mol. The third kappa shape index (κ3) is 7.55. The Hall–Kier alpha value is -3.15. The number of nitrogens with zero attached hydrogens (tertiary/aromatic N) is 3. The van der Waals surface area contributed by atoms with Gasteiger partial charge in [-0.15, -0.1) is 0 Å². The number of nitrogens with one attached hydrogen (secondary N) is 2. The lowest BCUT2D eigenvalue weighted by Gasteiger charge is -2.07. The average molecular weight is 452 g/mol. The van der Waals surface area contributed by atoms with E-state index in [1.54, 1.807) is 12.4 Å². The second-order valence-electron chi connectivity index (χ2n) is 6.94. The first kappa shape index (κ1) is 22.5. The second-order valence-corrected chi connectivity index (χ2v) is 7.81. The fourth-order valence-electron chi connectivity index (χ4n) is 2.72. The van der Waals surface area contributed by atoms with Crippen LogP contribution < -0.4 is 10.9 Å². The van der Waals surface area contributed by atoms with E-state index in [4.69, 9.17) is 23.2 Å². The third-order valence-corrected chi connectivity index (χ3v) is 4.92. The Morgan fingerprint density at radius 3 is 1.77 bits per heavy atom. The molecule has 0 bridgehead atoms. The molecule has 158 valence electrons. The Morgan fingerprint density at radius 2 is 1.29 bits per heavy atom. The lowest BCUT2D eigenvalue weighted by molar-refractivity contribution is 0.873. The summed E-state index contributed by atoms with van der Waals surface area (Å²) in [5, 5.41) is 9.87. The van der Waals surface area contributed by atoms with Gasteiger partial charge in [-0.2, -0.15) is 10.2 Å². The van der Waals surface area contributed by atoms with Gasteiger partial charge in [0.1, 0.15) is 0 Å². The average Bonchev–Trinajstić information content (AvgIpc) is 2.75. The molecule has 0 aromatic heterocycles. The van der Waals surface area contributed by atoms with Crippen LogP contribution in [0.4, 0.5) is 0 Å². The molecule has 0 saturated carbocycles. The zero-order chi connectivity index (χ0) is 22.1. The molecule has 0 aliphatic rings. The molecule has 3 aromatic carbocycles.